The van der Waals surface area contributed by atoms with Crippen molar-refractivity contribution in [2.45, 2.75) is 18.6 Å². The Morgan fingerprint density at radius 2 is 1.96 bits per heavy atom. The molecule has 26 heavy (non-hydrogen) atoms. The smallest absolute Gasteiger partial charge is 0.234 e. The third-order valence-corrected chi connectivity index (χ3v) is 4.72. The summed E-state index contributed by atoms with van der Waals surface area (Å²) in [6.07, 6.45) is 0. The molecule has 0 unspecified atom stereocenters. The van der Waals surface area contributed by atoms with E-state index in [4.69, 9.17) is 4.74 Å². The predicted molar refractivity (Wildman–Crippen MR) is 103 cm³/mol. The van der Waals surface area contributed by atoms with Crippen LogP contribution in [0.25, 0.3) is 11.4 Å². The largest absolute Gasteiger partial charge is 0.497 e. The Bertz CT molecular complexity index is 880. The minimum Gasteiger partial charge on any atom is -0.497 e. The molecule has 134 valence electrons. The number of hydrogen-bond acceptors (Lipinski definition) is 5. The molecule has 0 radical (unpaired) electrons. The Kier molecular flexibility index (Phi) is 5.91. The lowest BCUT2D eigenvalue weighted by atomic mass is 10.2. The second-order valence-electron chi connectivity index (χ2n) is 5.49. The van der Waals surface area contributed by atoms with E-state index in [0.29, 0.717) is 11.4 Å². The molecular formula is C19H20N4O2S. The predicted octanol–water partition coefficient (Wildman–Crippen LogP) is 3.70. The van der Waals surface area contributed by atoms with Gasteiger partial charge in [-0.25, -0.2) is 0 Å². The molecule has 0 saturated carbocycles. The van der Waals surface area contributed by atoms with E-state index in [1.165, 1.54) is 11.8 Å². The highest BCUT2D eigenvalue weighted by Gasteiger charge is 2.14. The van der Waals surface area contributed by atoms with E-state index < -0.39 is 0 Å². The van der Waals surface area contributed by atoms with Crippen LogP contribution >= 0.6 is 11.8 Å². The summed E-state index contributed by atoms with van der Waals surface area (Å²) in [6.45, 7) is 2.77. The van der Waals surface area contributed by atoms with Crippen LogP contribution < -0.4 is 10.1 Å². The van der Waals surface area contributed by atoms with Gasteiger partial charge in [-0.3, -0.25) is 4.79 Å². The fourth-order valence-corrected chi connectivity index (χ4v) is 3.31. The van der Waals surface area contributed by atoms with Crippen molar-refractivity contribution in [1.82, 2.24) is 14.8 Å². The number of benzene rings is 2. The molecule has 0 spiro atoms. The molecule has 0 aliphatic rings. The maximum Gasteiger partial charge on any atom is 0.234 e. The van der Waals surface area contributed by atoms with Gasteiger partial charge in [0.25, 0.3) is 0 Å². The number of thioether (sulfide) groups is 1. The maximum atomic E-state index is 12.2. The number of nitrogens with one attached hydrogen (secondary N) is 1. The first-order valence-corrected chi connectivity index (χ1v) is 9.25. The summed E-state index contributed by atoms with van der Waals surface area (Å²) in [6, 6.07) is 17.2. The molecule has 1 aromatic heterocycles. The fourth-order valence-electron chi connectivity index (χ4n) is 2.51. The van der Waals surface area contributed by atoms with E-state index >= 15 is 0 Å². The molecule has 3 aromatic rings. The molecule has 0 aliphatic heterocycles. The van der Waals surface area contributed by atoms with E-state index in [-0.39, 0.29) is 11.7 Å². The molecule has 7 heteroatoms. The summed E-state index contributed by atoms with van der Waals surface area (Å²) in [5, 5.41) is 12.1. The average molecular weight is 368 g/mol. The Hall–Kier alpha value is -2.80. The van der Waals surface area contributed by atoms with E-state index in [2.05, 4.69) is 15.5 Å². The number of methoxy groups -OCH3 is 1. The molecule has 3 rings (SSSR count). The standard InChI is InChI=1S/C19H20N4O2S/c1-3-23-18(14-8-5-4-6-9-14)21-22-19(23)26-13-17(24)20-15-10-7-11-16(12-15)25-2/h4-12H,3,13H2,1-2H3,(H,20,24). The van der Waals surface area contributed by atoms with Crippen LogP contribution in [0.4, 0.5) is 5.69 Å². The molecule has 1 heterocycles. The van der Waals surface area contributed by atoms with E-state index in [0.717, 1.165) is 23.1 Å². The number of aromatic nitrogens is 3. The number of carbonyl (C=O) groups excluding carboxylic acids is 1. The minimum absolute atomic E-state index is 0.102. The highest BCUT2D eigenvalue weighted by atomic mass is 32.2. The van der Waals surface area contributed by atoms with Crippen LogP contribution in [0.3, 0.4) is 0 Å². The van der Waals surface area contributed by atoms with Crippen LogP contribution in [-0.2, 0) is 11.3 Å². The summed E-state index contributed by atoms with van der Waals surface area (Å²) in [7, 11) is 1.60. The van der Waals surface area contributed by atoms with Gasteiger partial charge in [-0.15, -0.1) is 10.2 Å². The quantitative estimate of drug-likeness (QED) is 0.644. The van der Waals surface area contributed by atoms with Gasteiger partial charge in [0.2, 0.25) is 5.91 Å². The number of hydrogen-bond donors (Lipinski definition) is 1. The summed E-state index contributed by atoms with van der Waals surface area (Å²) in [4.78, 5) is 12.2. The van der Waals surface area contributed by atoms with Gasteiger partial charge in [0.1, 0.15) is 5.75 Å². The Morgan fingerprint density at radius 3 is 2.69 bits per heavy atom. The molecule has 6 nitrogen and oxygen atoms in total. The van der Waals surface area contributed by atoms with Gasteiger partial charge in [-0.2, -0.15) is 0 Å². The highest BCUT2D eigenvalue weighted by Crippen LogP contribution is 2.24. The average Bonchev–Trinajstić information content (AvgIpc) is 3.10. The first-order valence-electron chi connectivity index (χ1n) is 8.26. The van der Waals surface area contributed by atoms with E-state index in [1.54, 1.807) is 13.2 Å². The zero-order valence-electron chi connectivity index (χ0n) is 14.7. The first kappa shape index (κ1) is 18.0. The van der Waals surface area contributed by atoms with Crippen LogP contribution in [0.5, 0.6) is 5.75 Å². The van der Waals surface area contributed by atoms with Gasteiger partial charge >= 0.3 is 0 Å². The van der Waals surface area contributed by atoms with Crippen molar-refractivity contribution >= 4 is 23.4 Å². The van der Waals surface area contributed by atoms with Crippen molar-refractivity contribution < 1.29 is 9.53 Å². The number of carbonyl (C=O) groups is 1. The topological polar surface area (TPSA) is 69.0 Å². The zero-order chi connectivity index (χ0) is 18.4. The summed E-state index contributed by atoms with van der Waals surface area (Å²) in [5.41, 5.74) is 1.71. The van der Waals surface area contributed by atoms with Crippen LogP contribution in [0.1, 0.15) is 6.92 Å². The lowest BCUT2D eigenvalue weighted by Crippen LogP contribution is -2.14. The van der Waals surface area contributed by atoms with Crippen LogP contribution in [0.15, 0.2) is 59.8 Å². The first-order chi connectivity index (χ1) is 12.7. The molecule has 0 fully saturated rings. The van der Waals surface area contributed by atoms with Gasteiger partial charge in [0.05, 0.1) is 12.9 Å². The van der Waals surface area contributed by atoms with Crippen molar-refractivity contribution in [2.75, 3.05) is 18.2 Å². The molecule has 0 atom stereocenters. The van der Waals surface area contributed by atoms with Crippen molar-refractivity contribution in [3.05, 3.63) is 54.6 Å². The Balaban J connectivity index is 1.66. The third kappa shape index (κ3) is 4.23. The second kappa shape index (κ2) is 8.53. The van der Waals surface area contributed by atoms with E-state index in [9.17, 15) is 4.79 Å². The minimum atomic E-state index is -0.102. The zero-order valence-corrected chi connectivity index (χ0v) is 15.5. The van der Waals surface area contributed by atoms with Gasteiger partial charge in [-0.1, -0.05) is 48.2 Å². The number of ether oxygens (including phenoxy) is 1. The number of anilines is 1. The Morgan fingerprint density at radius 1 is 1.15 bits per heavy atom. The molecule has 0 saturated heterocycles. The van der Waals surface area contributed by atoms with Crippen molar-refractivity contribution in [3.63, 3.8) is 0 Å². The van der Waals surface area contributed by atoms with E-state index in [1.807, 2.05) is 60.0 Å². The molecule has 0 aliphatic carbocycles. The van der Waals surface area contributed by atoms with Gasteiger partial charge in [-0.05, 0) is 19.1 Å². The number of nitrogens with zero attached hydrogens (tertiary/aromatic N) is 3. The molecule has 0 bridgehead atoms. The van der Waals surface area contributed by atoms with Crippen LogP contribution in [-0.4, -0.2) is 33.5 Å². The maximum absolute atomic E-state index is 12.2. The molecular weight excluding hydrogens is 348 g/mol. The van der Waals surface area contributed by atoms with Crippen LogP contribution in [0.2, 0.25) is 0 Å². The Labute approximate surface area is 156 Å². The monoisotopic (exact) mass is 368 g/mol. The molecule has 2 aromatic carbocycles. The van der Waals surface area contributed by atoms with Crippen LogP contribution in [0, 0.1) is 0 Å². The molecule has 1 amide bonds. The molecule has 1 N–H and O–H groups in total. The fraction of sp³-hybridized carbons (Fsp3) is 0.211. The van der Waals surface area contributed by atoms with Crippen molar-refractivity contribution in [3.8, 4) is 17.1 Å². The van der Waals surface area contributed by atoms with Gasteiger partial charge in [0, 0.05) is 23.9 Å². The van der Waals surface area contributed by atoms with Gasteiger partial charge in [0.15, 0.2) is 11.0 Å². The van der Waals surface area contributed by atoms with Gasteiger partial charge < -0.3 is 14.6 Å². The lowest BCUT2D eigenvalue weighted by molar-refractivity contribution is -0.113. The summed E-state index contributed by atoms with van der Waals surface area (Å²) in [5.74, 6) is 1.66. The van der Waals surface area contributed by atoms with Crippen molar-refractivity contribution in [2.24, 2.45) is 0 Å². The summed E-state index contributed by atoms with van der Waals surface area (Å²) >= 11 is 1.37. The number of rotatable bonds is 7. The summed E-state index contributed by atoms with van der Waals surface area (Å²) < 4.78 is 7.18. The highest BCUT2D eigenvalue weighted by molar-refractivity contribution is 7.99. The van der Waals surface area contributed by atoms with Crippen molar-refractivity contribution in [1.29, 1.82) is 0 Å². The normalized spacial score (nSPS) is 10.5. The SMILES string of the molecule is CCn1c(SCC(=O)Nc2cccc(OC)c2)nnc1-c1ccccc1. The third-order valence-electron chi connectivity index (χ3n) is 3.75. The number of amides is 1. The lowest BCUT2D eigenvalue weighted by Gasteiger charge is -2.08. The second-order valence-corrected chi connectivity index (χ2v) is 6.43.